The predicted octanol–water partition coefficient (Wildman–Crippen LogP) is 3.40. The molecule has 0 unspecified atom stereocenters. The lowest BCUT2D eigenvalue weighted by molar-refractivity contribution is 0.156. The number of aliphatic hydroxyl groups is 1. The Morgan fingerprint density at radius 1 is 0.909 bits per heavy atom. The third-order valence-electron chi connectivity index (χ3n) is 3.85. The minimum Gasteiger partial charge on any atom is -0.387 e. The van der Waals surface area contributed by atoms with Gasteiger partial charge in [-0.25, -0.2) is 4.98 Å². The Morgan fingerprint density at radius 2 is 1.59 bits per heavy atom. The fourth-order valence-electron chi connectivity index (χ4n) is 2.54. The Morgan fingerprint density at radius 3 is 2.23 bits per heavy atom. The van der Waals surface area contributed by atoms with Gasteiger partial charge in [-0.1, -0.05) is 54.6 Å². The Kier molecular flexibility index (Phi) is 4.66. The van der Waals surface area contributed by atoms with Gasteiger partial charge in [0.05, 0.1) is 19.0 Å². The number of hydrogen-bond acceptors (Lipinski definition) is 2. The van der Waals surface area contributed by atoms with Crippen LogP contribution in [0.1, 0.15) is 22.8 Å². The van der Waals surface area contributed by atoms with E-state index in [1.54, 1.807) is 12.5 Å². The van der Waals surface area contributed by atoms with Crippen LogP contribution in [-0.4, -0.2) is 14.7 Å². The van der Waals surface area contributed by atoms with Gasteiger partial charge < -0.3 is 9.67 Å². The molecule has 0 saturated carbocycles. The van der Waals surface area contributed by atoms with E-state index in [4.69, 9.17) is 0 Å². The van der Waals surface area contributed by atoms with Crippen LogP contribution in [0, 0.1) is 0 Å². The smallest absolute Gasteiger partial charge is 0.0969 e. The topological polar surface area (TPSA) is 38.0 Å². The minimum atomic E-state index is -0.502. The monoisotopic (exact) mass is 292 g/mol. The van der Waals surface area contributed by atoms with Gasteiger partial charge in [-0.3, -0.25) is 0 Å². The zero-order valence-corrected chi connectivity index (χ0v) is 12.5. The van der Waals surface area contributed by atoms with Gasteiger partial charge in [-0.05, 0) is 29.5 Å². The molecule has 3 aromatic rings. The molecule has 0 bridgehead atoms. The molecular formula is C19H20N2O. The van der Waals surface area contributed by atoms with Crippen LogP contribution < -0.4 is 0 Å². The second-order valence-corrected chi connectivity index (χ2v) is 5.50. The highest BCUT2D eigenvalue weighted by Crippen LogP contribution is 2.17. The number of rotatable bonds is 6. The van der Waals surface area contributed by atoms with E-state index in [1.807, 2.05) is 29.0 Å². The summed E-state index contributed by atoms with van der Waals surface area (Å²) in [5.41, 5.74) is 3.59. The molecule has 1 atom stereocenters. The number of benzene rings is 2. The Balaban J connectivity index is 1.58. The van der Waals surface area contributed by atoms with Crippen molar-refractivity contribution in [1.29, 1.82) is 0 Å². The predicted molar refractivity (Wildman–Crippen MR) is 87.5 cm³/mol. The van der Waals surface area contributed by atoms with E-state index in [9.17, 15) is 5.11 Å². The van der Waals surface area contributed by atoms with Crippen LogP contribution >= 0.6 is 0 Å². The van der Waals surface area contributed by atoms with Crippen molar-refractivity contribution in [2.75, 3.05) is 0 Å². The first kappa shape index (κ1) is 14.5. The Labute approximate surface area is 130 Å². The summed E-state index contributed by atoms with van der Waals surface area (Å²) in [6.45, 7) is 0.531. The summed E-state index contributed by atoms with van der Waals surface area (Å²) >= 11 is 0. The summed E-state index contributed by atoms with van der Waals surface area (Å²) in [5.74, 6) is 0. The zero-order chi connectivity index (χ0) is 15.2. The molecule has 0 fully saturated rings. The number of imidazole rings is 1. The standard InChI is InChI=1S/C19H20N2O/c22-19(14-21-13-12-20-15-21)18-10-8-17(9-11-18)7-6-16-4-2-1-3-5-16/h1-5,8-13,15,19,22H,6-7,14H2/t19-/m1/s1. The zero-order valence-electron chi connectivity index (χ0n) is 12.5. The lowest BCUT2D eigenvalue weighted by Crippen LogP contribution is -2.07. The van der Waals surface area contributed by atoms with Gasteiger partial charge in [0.2, 0.25) is 0 Å². The SMILES string of the molecule is O[C@H](Cn1ccnc1)c1ccc(CCc2ccccc2)cc1. The number of nitrogens with zero attached hydrogens (tertiary/aromatic N) is 2. The highest BCUT2D eigenvalue weighted by atomic mass is 16.3. The molecule has 0 aliphatic carbocycles. The van der Waals surface area contributed by atoms with Gasteiger partial charge in [0.25, 0.3) is 0 Å². The van der Waals surface area contributed by atoms with Crippen molar-refractivity contribution >= 4 is 0 Å². The fourth-order valence-corrected chi connectivity index (χ4v) is 2.54. The van der Waals surface area contributed by atoms with Crippen molar-refractivity contribution in [3.05, 3.63) is 90.0 Å². The molecule has 0 amide bonds. The average molecular weight is 292 g/mol. The first-order valence-corrected chi connectivity index (χ1v) is 7.58. The summed E-state index contributed by atoms with van der Waals surface area (Å²) in [7, 11) is 0. The molecule has 2 aromatic carbocycles. The lowest BCUT2D eigenvalue weighted by Gasteiger charge is -2.12. The van der Waals surface area contributed by atoms with Crippen molar-refractivity contribution in [1.82, 2.24) is 9.55 Å². The van der Waals surface area contributed by atoms with Crippen molar-refractivity contribution < 1.29 is 5.11 Å². The van der Waals surface area contributed by atoms with Crippen molar-refractivity contribution in [2.24, 2.45) is 0 Å². The fraction of sp³-hybridized carbons (Fsp3) is 0.211. The molecule has 22 heavy (non-hydrogen) atoms. The van der Waals surface area contributed by atoms with E-state index >= 15 is 0 Å². The van der Waals surface area contributed by atoms with Crippen molar-refractivity contribution in [3.63, 3.8) is 0 Å². The molecule has 112 valence electrons. The average Bonchev–Trinajstić information content (AvgIpc) is 3.07. The maximum atomic E-state index is 10.2. The van der Waals surface area contributed by atoms with Crippen LogP contribution in [0.25, 0.3) is 0 Å². The molecule has 1 aromatic heterocycles. The molecule has 3 rings (SSSR count). The van der Waals surface area contributed by atoms with E-state index in [0.717, 1.165) is 18.4 Å². The molecule has 1 N–H and O–H groups in total. The molecule has 0 spiro atoms. The number of aryl methyl sites for hydroxylation is 2. The van der Waals surface area contributed by atoms with Crippen LogP contribution in [0.3, 0.4) is 0 Å². The van der Waals surface area contributed by atoms with E-state index < -0.39 is 6.10 Å². The van der Waals surface area contributed by atoms with E-state index in [1.165, 1.54) is 11.1 Å². The van der Waals surface area contributed by atoms with Gasteiger partial charge in [-0.2, -0.15) is 0 Å². The largest absolute Gasteiger partial charge is 0.387 e. The van der Waals surface area contributed by atoms with Gasteiger partial charge in [-0.15, -0.1) is 0 Å². The van der Waals surface area contributed by atoms with Crippen LogP contribution in [0.5, 0.6) is 0 Å². The van der Waals surface area contributed by atoms with Gasteiger partial charge in [0, 0.05) is 12.4 Å². The molecule has 0 aliphatic heterocycles. The lowest BCUT2D eigenvalue weighted by atomic mass is 10.0. The third kappa shape index (κ3) is 3.83. The Hall–Kier alpha value is -2.39. The summed E-state index contributed by atoms with van der Waals surface area (Å²) in [5, 5.41) is 10.2. The van der Waals surface area contributed by atoms with Gasteiger partial charge >= 0.3 is 0 Å². The molecule has 0 radical (unpaired) electrons. The van der Waals surface area contributed by atoms with Gasteiger partial charge in [0.1, 0.15) is 0 Å². The molecule has 1 heterocycles. The van der Waals surface area contributed by atoms with E-state index in [-0.39, 0.29) is 0 Å². The number of aromatic nitrogens is 2. The quantitative estimate of drug-likeness (QED) is 0.756. The maximum absolute atomic E-state index is 10.2. The molecule has 0 saturated heterocycles. The number of aliphatic hydroxyl groups excluding tert-OH is 1. The van der Waals surface area contributed by atoms with Crippen molar-refractivity contribution in [2.45, 2.75) is 25.5 Å². The molecular weight excluding hydrogens is 272 g/mol. The van der Waals surface area contributed by atoms with E-state index in [2.05, 4.69) is 41.4 Å². The normalized spacial score (nSPS) is 12.2. The molecule has 0 aliphatic rings. The minimum absolute atomic E-state index is 0.502. The first-order chi connectivity index (χ1) is 10.8. The second-order valence-electron chi connectivity index (χ2n) is 5.50. The summed E-state index contributed by atoms with van der Waals surface area (Å²) in [6, 6.07) is 18.7. The maximum Gasteiger partial charge on any atom is 0.0969 e. The first-order valence-electron chi connectivity index (χ1n) is 7.58. The third-order valence-corrected chi connectivity index (χ3v) is 3.85. The highest BCUT2D eigenvalue weighted by molar-refractivity contribution is 5.25. The highest BCUT2D eigenvalue weighted by Gasteiger charge is 2.08. The summed E-state index contributed by atoms with van der Waals surface area (Å²) < 4.78 is 1.88. The van der Waals surface area contributed by atoms with Crippen molar-refractivity contribution in [3.8, 4) is 0 Å². The number of hydrogen-bond donors (Lipinski definition) is 1. The van der Waals surface area contributed by atoms with Crippen LogP contribution in [0.15, 0.2) is 73.3 Å². The van der Waals surface area contributed by atoms with Gasteiger partial charge in [0.15, 0.2) is 0 Å². The van der Waals surface area contributed by atoms with E-state index in [0.29, 0.717) is 6.54 Å². The van der Waals surface area contributed by atoms with Crippen LogP contribution in [0.4, 0.5) is 0 Å². The summed E-state index contributed by atoms with van der Waals surface area (Å²) in [6.07, 6.45) is 6.85. The van der Waals surface area contributed by atoms with Crippen LogP contribution in [0.2, 0.25) is 0 Å². The Bertz CT molecular complexity index is 675. The van der Waals surface area contributed by atoms with Crippen LogP contribution in [-0.2, 0) is 19.4 Å². The molecule has 3 nitrogen and oxygen atoms in total. The summed E-state index contributed by atoms with van der Waals surface area (Å²) in [4.78, 5) is 3.99. The molecule has 3 heteroatoms. The second kappa shape index (κ2) is 7.05.